The van der Waals surface area contributed by atoms with Crippen molar-refractivity contribution in [3.63, 3.8) is 0 Å². The van der Waals surface area contributed by atoms with Crippen molar-refractivity contribution in [3.05, 3.63) is 90.0 Å². The lowest BCUT2D eigenvalue weighted by Crippen LogP contribution is -2.42. The quantitative estimate of drug-likeness (QED) is 0.552. The molecule has 2 aliphatic heterocycles. The van der Waals surface area contributed by atoms with E-state index < -0.39 is 11.3 Å². The number of hydrogen-bond donors (Lipinski definition) is 1. The van der Waals surface area contributed by atoms with E-state index in [1.807, 2.05) is 54.6 Å². The SMILES string of the molecule is COc1ccc(NC(=O)[C@H](C)SC2=Nc3ccccc3C3=N[C@H](Cc4ccccc4)C(=O)N23)cc1. The molecular weight excluding hydrogens is 460 g/mol. The third kappa shape index (κ3) is 4.70. The second-order valence-electron chi connectivity index (χ2n) is 8.22. The molecule has 0 spiro atoms. The third-order valence-corrected chi connectivity index (χ3v) is 6.88. The fraction of sp³-hybridized carbons (Fsp3) is 0.185. The maximum absolute atomic E-state index is 13.5. The van der Waals surface area contributed by atoms with Crippen LogP contribution in [0.1, 0.15) is 18.1 Å². The highest BCUT2D eigenvalue weighted by atomic mass is 32.2. The van der Waals surface area contributed by atoms with Crippen molar-refractivity contribution in [3.8, 4) is 5.75 Å². The summed E-state index contributed by atoms with van der Waals surface area (Å²) >= 11 is 1.25. The van der Waals surface area contributed by atoms with E-state index in [2.05, 4.69) is 5.32 Å². The Morgan fingerprint density at radius 2 is 1.77 bits per heavy atom. The Hall–Kier alpha value is -3.91. The Morgan fingerprint density at radius 3 is 2.51 bits per heavy atom. The summed E-state index contributed by atoms with van der Waals surface area (Å²) in [5, 5.41) is 2.87. The van der Waals surface area contributed by atoms with Crippen molar-refractivity contribution >= 4 is 46.0 Å². The number of amides is 2. The highest BCUT2D eigenvalue weighted by Crippen LogP contribution is 2.35. The van der Waals surface area contributed by atoms with Gasteiger partial charge in [-0.3, -0.25) is 14.6 Å². The van der Waals surface area contributed by atoms with Gasteiger partial charge in [0.2, 0.25) is 5.91 Å². The van der Waals surface area contributed by atoms with Crippen LogP contribution in [-0.4, -0.2) is 46.1 Å². The van der Waals surface area contributed by atoms with Crippen LogP contribution in [0.5, 0.6) is 5.75 Å². The molecule has 2 amide bonds. The first-order valence-electron chi connectivity index (χ1n) is 11.3. The predicted octanol–water partition coefficient (Wildman–Crippen LogP) is 4.66. The van der Waals surface area contributed by atoms with Gasteiger partial charge in [0.25, 0.3) is 5.91 Å². The van der Waals surface area contributed by atoms with Crippen LogP contribution in [0.3, 0.4) is 0 Å². The summed E-state index contributed by atoms with van der Waals surface area (Å²) in [6.45, 7) is 1.80. The van der Waals surface area contributed by atoms with Gasteiger partial charge in [-0.15, -0.1) is 0 Å². The van der Waals surface area contributed by atoms with Crippen molar-refractivity contribution in [2.75, 3.05) is 12.4 Å². The number of nitrogens with one attached hydrogen (secondary N) is 1. The summed E-state index contributed by atoms with van der Waals surface area (Å²) in [7, 11) is 1.59. The summed E-state index contributed by atoms with van der Waals surface area (Å²) < 4.78 is 5.17. The van der Waals surface area contributed by atoms with Crippen LogP contribution in [0.15, 0.2) is 88.8 Å². The lowest BCUT2D eigenvalue weighted by atomic mass is 10.1. The number of carbonyl (C=O) groups is 2. The fourth-order valence-corrected chi connectivity index (χ4v) is 4.90. The number of benzene rings is 3. The molecule has 0 saturated heterocycles. The molecule has 2 heterocycles. The lowest BCUT2D eigenvalue weighted by Gasteiger charge is -2.27. The van der Waals surface area contributed by atoms with E-state index in [1.165, 1.54) is 11.8 Å². The molecule has 0 bridgehead atoms. The highest BCUT2D eigenvalue weighted by molar-refractivity contribution is 8.15. The molecule has 3 aromatic rings. The zero-order chi connectivity index (χ0) is 24.4. The number of aliphatic imine (C=N–C) groups is 2. The van der Waals surface area contributed by atoms with Gasteiger partial charge in [-0.1, -0.05) is 54.2 Å². The van der Waals surface area contributed by atoms with Gasteiger partial charge in [0.1, 0.15) is 17.6 Å². The molecule has 5 rings (SSSR count). The number of anilines is 1. The minimum Gasteiger partial charge on any atom is -0.497 e. The van der Waals surface area contributed by atoms with E-state index >= 15 is 0 Å². The fourth-order valence-electron chi connectivity index (χ4n) is 3.98. The van der Waals surface area contributed by atoms with Gasteiger partial charge < -0.3 is 10.1 Å². The van der Waals surface area contributed by atoms with Gasteiger partial charge in [0, 0.05) is 17.7 Å². The van der Waals surface area contributed by atoms with E-state index in [-0.39, 0.29) is 11.8 Å². The van der Waals surface area contributed by atoms with Crippen molar-refractivity contribution in [2.45, 2.75) is 24.6 Å². The van der Waals surface area contributed by atoms with Gasteiger partial charge in [-0.05, 0) is 48.9 Å². The van der Waals surface area contributed by atoms with Crippen LogP contribution in [0.25, 0.3) is 0 Å². The Balaban J connectivity index is 1.37. The lowest BCUT2D eigenvalue weighted by molar-refractivity contribution is -0.124. The van der Waals surface area contributed by atoms with Crippen LogP contribution in [0.4, 0.5) is 11.4 Å². The second-order valence-corrected chi connectivity index (χ2v) is 9.53. The normalized spacial score (nSPS) is 17.1. The smallest absolute Gasteiger partial charge is 0.259 e. The Bertz CT molecular complexity index is 1320. The zero-order valence-electron chi connectivity index (χ0n) is 19.3. The number of hydrogen-bond acceptors (Lipinski definition) is 6. The molecule has 2 atom stereocenters. The minimum atomic E-state index is -0.534. The summed E-state index contributed by atoms with van der Waals surface area (Å²) in [5.74, 6) is 0.983. The van der Waals surface area contributed by atoms with Crippen LogP contribution in [0, 0.1) is 0 Å². The molecule has 35 heavy (non-hydrogen) atoms. The first kappa shape index (κ1) is 22.9. The first-order chi connectivity index (χ1) is 17.0. The van der Waals surface area contributed by atoms with Crippen molar-refractivity contribution in [1.29, 1.82) is 0 Å². The van der Waals surface area contributed by atoms with Gasteiger partial charge in [-0.25, -0.2) is 9.89 Å². The zero-order valence-corrected chi connectivity index (χ0v) is 20.2. The number of methoxy groups -OCH3 is 1. The highest BCUT2D eigenvalue weighted by Gasteiger charge is 2.42. The topological polar surface area (TPSA) is 83.4 Å². The minimum absolute atomic E-state index is 0.132. The predicted molar refractivity (Wildman–Crippen MR) is 140 cm³/mol. The molecule has 0 aliphatic carbocycles. The summed E-state index contributed by atoms with van der Waals surface area (Å²) in [5.41, 5.74) is 3.26. The Kier molecular flexibility index (Phi) is 6.37. The number of amidine groups is 2. The average molecular weight is 485 g/mol. The van der Waals surface area contributed by atoms with Crippen LogP contribution in [-0.2, 0) is 16.0 Å². The molecule has 0 unspecified atom stereocenters. The molecule has 176 valence electrons. The molecule has 0 fully saturated rings. The molecule has 0 saturated carbocycles. The number of thioether (sulfide) groups is 1. The third-order valence-electron chi connectivity index (χ3n) is 5.83. The molecule has 2 aliphatic rings. The number of ether oxygens (including phenoxy) is 1. The van der Waals surface area contributed by atoms with Gasteiger partial charge in [0.05, 0.1) is 18.0 Å². The van der Waals surface area contributed by atoms with Crippen molar-refractivity contribution < 1.29 is 14.3 Å². The van der Waals surface area contributed by atoms with Gasteiger partial charge >= 0.3 is 0 Å². The number of carbonyl (C=O) groups excluding carboxylic acids is 2. The molecular formula is C27H24N4O3S. The van der Waals surface area contributed by atoms with Crippen molar-refractivity contribution in [2.24, 2.45) is 9.98 Å². The average Bonchev–Trinajstić information content (AvgIpc) is 3.21. The van der Waals surface area contributed by atoms with Crippen LogP contribution < -0.4 is 10.1 Å². The summed E-state index contributed by atoms with van der Waals surface area (Å²) in [6.07, 6.45) is 0.507. The number of fused-ring (bicyclic) bond motifs is 3. The largest absolute Gasteiger partial charge is 0.497 e. The van der Waals surface area contributed by atoms with Gasteiger partial charge in [-0.2, -0.15) is 0 Å². The second kappa shape index (κ2) is 9.76. The molecule has 3 aromatic carbocycles. The van der Waals surface area contributed by atoms with E-state index in [4.69, 9.17) is 14.7 Å². The number of para-hydroxylation sites is 1. The monoisotopic (exact) mass is 484 g/mol. The molecule has 0 radical (unpaired) electrons. The van der Waals surface area contributed by atoms with E-state index in [9.17, 15) is 9.59 Å². The standard InChI is InChI=1S/C27H24N4O3S/c1-17(25(32)28-19-12-14-20(34-2)15-13-19)35-27-30-22-11-7-6-10-21(22)24-29-23(26(33)31(24)27)16-18-8-4-3-5-9-18/h3-15,17,23H,16H2,1-2H3,(H,28,32)/t17-,23+/m0/s1. The summed E-state index contributed by atoms with van der Waals surface area (Å²) in [6, 6.07) is 24.1. The van der Waals surface area contributed by atoms with Crippen LogP contribution >= 0.6 is 11.8 Å². The first-order valence-corrected chi connectivity index (χ1v) is 12.2. The van der Waals surface area contributed by atoms with Crippen LogP contribution in [0.2, 0.25) is 0 Å². The molecule has 0 aromatic heterocycles. The number of rotatable bonds is 6. The molecule has 8 heteroatoms. The summed E-state index contributed by atoms with van der Waals surface area (Å²) in [4.78, 5) is 37.5. The maximum atomic E-state index is 13.5. The van der Waals surface area contributed by atoms with E-state index in [0.717, 1.165) is 16.8 Å². The number of nitrogens with zero attached hydrogens (tertiary/aromatic N) is 3. The Labute approximate surface area is 207 Å². The maximum Gasteiger partial charge on any atom is 0.259 e. The van der Waals surface area contributed by atoms with Crippen molar-refractivity contribution in [1.82, 2.24) is 4.90 Å². The van der Waals surface area contributed by atoms with Gasteiger partial charge in [0.15, 0.2) is 5.17 Å². The molecule has 1 N–H and O–H groups in total. The Morgan fingerprint density at radius 1 is 1.06 bits per heavy atom. The van der Waals surface area contributed by atoms with E-state index in [1.54, 1.807) is 43.2 Å². The molecule has 7 nitrogen and oxygen atoms in total. The van der Waals surface area contributed by atoms with E-state index in [0.29, 0.717) is 28.9 Å².